The second-order valence-electron chi connectivity index (χ2n) is 4.02. The molecule has 1 amide bonds. The second-order valence-corrected chi connectivity index (χ2v) is 4.94. The molecule has 1 aromatic carbocycles. The summed E-state index contributed by atoms with van der Waals surface area (Å²) < 4.78 is 6.35. The third-order valence-electron chi connectivity index (χ3n) is 2.69. The Morgan fingerprint density at radius 3 is 2.76 bits per heavy atom. The minimum atomic E-state index is -0.383. The van der Waals surface area contributed by atoms with Gasteiger partial charge in [-0.05, 0) is 30.7 Å². The molecule has 1 fully saturated rings. The topological polar surface area (TPSA) is 49.8 Å². The van der Waals surface area contributed by atoms with Gasteiger partial charge in [0.1, 0.15) is 5.75 Å². The summed E-state index contributed by atoms with van der Waals surface area (Å²) in [5.74, 6) is 0.589. The SMILES string of the molecule is O=C(COc1ccc(Br)cc1)N1CC[C@@H](O)C1. The lowest BCUT2D eigenvalue weighted by Crippen LogP contribution is -2.33. The molecule has 4 nitrogen and oxygen atoms in total. The van der Waals surface area contributed by atoms with Gasteiger partial charge in [-0.15, -0.1) is 0 Å². The number of likely N-dealkylation sites (tertiary alicyclic amines) is 1. The summed E-state index contributed by atoms with van der Waals surface area (Å²) in [5.41, 5.74) is 0. The van der Waals surface area contributed by atoms with E-state index in [-0.39, 0.29) is 18.6 Å². The number of aliphatic hydroxyl groups excluding tert-OH is 1. The lowest BCUT2D eigenvalue weighted by molar-refractivity contribution is -0.132. The van der Waals surface area contributed by atoms with Crippen molar-refractivity contribution in [3.05, 3.63) is 28.7 Å². The number of β-amino-alcohol motifs (C(OH)–C–C–N with tert-alkyl or cyclic N) is 1. The molecule has 1 N–H and O–H groups in total. The van der Waals surface area contributed by atoms with Crippen LogP contribution in [0.1, 0.15) is 6.42 Å². The van der Waals surface area contributed by atoms with Gasteiger partial charge in [0, 0.05) is 17.6 Å². The van der Waals surface area contributed by atoms with Crippen LogP contribution in [0.25, 0.3) is 0 Å². The fourth-order valence-electron chi connectivity index (χ4n) is 1.74. The van der Waals surface area contributed by atoms with Crippen LogP contribution >= 0.6 is 15.9 Å². The van der Waals surface area contributed by atoms with E-state index in [0.29, 0.717) is 25.3 Å². The first-order valence-electron chi connectivity index (χ1n) is 5.49. The molecule has 1 aliphatic heterocycles. The summed E-state index contributed by atoms with van der Waals surface area (Å²) in [6, 6.07) is 7.32. The maximum absolute atomic E-state index is 11.7. The predicted molar refractivity (Wildman–Crippen MR) is 66.8 cm³/mol. The zero-order valence-corrected chi connectivity index (χ0v) is 10.9. The molecule has 2 rings (SSSR count). The van der Waals surface area contributed by atoms with Gasteiger partial charge >= 0.3 is 0 Å². The van der Waals surface area contributed by atoms with Crippen molar-refractivity contribution in [3.8, 4) is 5.75 Å². The van der Waals surface area contributed by atoms with E-state index in [4.69, 9.17) is 4.74 Å². The molecule has 0 aliphatic carbocycles. The van der Waals surface area contributed by atoms with Crippen LogP contribution in [0.15, 0.2) is 28.7 Å². The number of amides is 1. The van der Waals surface area contributed by atoms with Crippen molar-refractivity contribution >= 4 is 21.8 Å². The van der Waals surface area contributed by atoms with E-state index in [1.807, 2.05) is 12.1 Å². The molecular weight excluding hydrogens is 286 g/mol. The Balaban J connectivity index is 1.82. The van der Waals surface area contributed by atoms with Gasteiger partial charge in [-0.25, -0.2) is 0 Å². The van der Waals surface area contributed by atoms with Crippen LogP contribution in [0.2, 0.25) is 0 Å². The molecular formula is C12H14BrNO3. The lowest BCUT2D eigenvalue weighted by atomic mass is 10.3. The van der Waals surface area contributed by atoms with Gasteiger partial charge in [0.15, 0.2) is 6.61 Å². The van der Waals surface area contributed by atoms with E-state index in [1.165, 1.54) is 0 Å². The van der Waals surface area contributed by atoms with Crippen molar-refractivity contribution in [3.63, 3.8) is 0 Å². The molecule has 1 aliphatic rings. The molecule has 0 saturated carbocycles. The standard InChI is InChI=1S/C12H14BrNO3/c13-9-1-3-11(4-2-9)17-8-12(16)14-6-5-10(15)7-14/h1-4,10,15H,5-8H2/t10-/m1/s1. The molecule has 5 heteroatoms. The summed E-state index contributed by atoms with van der Waals surface area (Å²) >= 11 is 3.33. The normalized spacial score (nSPS) is 19.4. The number of hydrogen-bond acceptors (Lipinski definition) is 3. The van der Waals surface area contributed by atoms with Crippen LogP contribution in [0, 0.1) is 0 Å². The van der Waals surface area contributed by atoms with Crippen molar-refractivity contribution in [2.75, 3.05) is 19.7 Å². The van der Waals surface area contributed by atoms with Crippen LogP contribution < -0.4 is 4.74 Å². The Bertz CT molecular complexity index is 393. The Hall–Kier alpha value is -1.07. The average Bonchev–Trinajstić information content (AvgIpc) is 2.75. The third kappa shape index (κ3) is 3.44. The van der Waals surface area contributed by atoms with Crippen molar-refractivity contribution < 1.29 is 14.6 Å². The number of halogens is 1. The Morgan fingerprint density at radius 1 is 1.47 bits per heavy atom. The van der Waals surface area contributed by atoms with Crippen LogP contribution in [0.3, 0.4) is 0 Å². The number of aliphatic hydroxyl groups is 1. The first-order chi connectivity index (χ1) is 8.15. The van der Waals surface area contributed by atoms with Crippen molar-refractivity contribution in [2.45, 2.75) is 12.5 Å². The van der Waals surface area contributed by atoms with Gasteiger partial charge in [0.25, 0.3) is 5.91 Å². The van der Waals surface area contributed by atoms with Gasteiger partial charge in [0.2, 0.25) is 0 Å². The Labute approximate surface area is 108 Å². The second kappa shape index (κ2) is 5.51. The number of ether oxygens (including phenoxy) is 1. The molecule has 0 bridgehead atoms. The summed E-state index contributed by atoms with van der Waals surface area (Å²) in [6.07, 6.45) is 0.274. The first kappa shape index (κ1) is 12.4. The molecule has 0 unspecified atom stereocenters. The van der Waals surface area contributed by atoms with Gasteiger partial charge in [-0.2, -0.15) is 0 Å². The van der Waals surface area contributed by atoms with Crippen LogP contribution in [-0.2, 0) is 4.79 Å². The minimum Gasteiger partial charge on any atom is -0.484 e. The molecule has 0 radical (unpaired) electrons. The zero-order valence-electron chi connectivity index (χ0n) is 9.30. The van der Waals surface area contributed by atoms with E-state index in [1.54, 1.807) is 17.0 Å². The van der Waals surface area contributed by atoms with Gasteiger partial charge in [-0.3, -0.25) is 4.79 Å². The zero-order chi connectivity index (χ0) is 12.3. The quantitative estimate of drug-likeness (QED) is 0.918. The highest BCUT2D eigenvalue weighted by molar-refractivity contribution is 9.10. The molecule has 17 heavy (non-hydrogen) atoms. The maximum Gasteiger partial charge on any atom is 0.260 e. The highest BCUT2D eigenvalue weighted by Crippen LogP contribution is 2.16. The Morgan fingerprint density at radius 2 is 2.18 bits per heavy atom. The van der Waals surface area contributed by atoms with E-state index in [9.17, 15) is 9.90 Å². The molecule has 1 saturated heterocycles. The fraction of sp³-hybridized carbons (Fsp3) is 0.417. The molecule has 1 heterocycles. The lowest BCUT2D eigenvalue weighted by Gasteiger charge is -2.15. The number of carbonyl (C=O) groups is 1. The van der Waals surface area contributed by atoms with Crippen molar-refractivity contribution in [1.29, 1.82) is 0 Å². The number of rotatable bonds is 3. The van der Waals surface area contributed by atoms with Gasteiger partial charge < -0.3 is 14.7 Å². The highest BCUT2D eigenvalue weighted by atomic mass is 79.9. The van der Waals surface area contributed by atoms with Crippen LogP contribution in [0.4, 0.5) is 0 Å². The molecule has 1 atom stereocenters. The summed E-state index contributed by atoms with van der Waals surface area (Å²) in [6.45, 7) is 1.06. The monoisotopic (exact) mass is 299 g/mol. The minimum absolute atomic E-state index is 0.0222. The van der Waals surface area contributed by atoms with Gasteiger partial charge in [-0.1, -0.05) is 15.9 Å². The van der Waals surface area contributed by atoms with Crippen molar-refractivity contribution in [1.82, 2.24) is 4.90 Å². The smallest absolute Gasteiger partial charge is 0.260 e. The summed E-state index contributed by atoms with van der Waals surface area (Å²) in [7, 11) is 0. The van der Waals surface area contributed by atoms with E-state index >= 15 is 0 Å². The maximum atomic E-state index is 11.7. The fourth-order valence-corrected chi connectivity index (χ4v) is 2.00. The summed E-state index contributed by atoms with van der Waals surface area (Å²) in [4.78, 5) is 13.3. The molecule has 0 spiro atoms. The number of hydrogen-bond donors (Lipinski definition) is 1. The third-order valence-corrected chi connectivity index (χ3v) is 3.22. The highest BCUT2D eigenvalue weighted by Gasteiger charge is 2.24. The Kier molecular flexibility index (Phi) is 4.02. The predicted octanol–water partition coefficient (Wildman–Crippen LogP) is 1.42. The molecule has 0 aromatic heterocycles. The van der Waals surface area contributed by atoms with Crippen LogP contribution in [0.5, 0.6) is 5.75 Å². The first-order valence-corrected chi connectivity index (χ1v) is 6.28. The summed E-state index contributed by atoms with van der Waals surface area (Å²) in [5, 5.41) is 9.32. The molecule has 92 valence electrons. The number of benzene rings is 1. The number of nitrogens with zero attached hydrogens (tertiary/aromatic N) is 1. The van der Waals surface area contributed by atoms with E-state index in [0.717, 1.165) is 4.47 Å². The van der Waals surface area contributed by atoms with E-state index < -0.39 is 0 Å². The van der Waals surface area contributed by atoms with Crippen LogP contribution in [-0.4, -0.2) is 41.7 Å². The van der Waals surface area contributed by atoms with Gasteiger partial charge in [0.05, 0.1) is 6.10 Å². The van der Waals surface area contributed by atoms with Crippen molar-refractivity contribution in [2.24, 2.45) is 0 Å². The average molecular weight is 300 g/mol. The number of carbonyl (C=O) groups excluding carboxylic acids is 1. The largest absolute Gasteiger partial charge is 0.484 e. The molecule has 1 aromatic rings. The van der Waals surface area contributed by atoms with E-state index in [2.05, 4.69) is 15.9 Å².